The van der Waals surface area contributed by atoms with Crippen LogP contribution in [0.25, 0.3) is 27.0 Å². The number of imidazole rings is 1. The number of hydrogen-bond acceptors (Lipinski definition) is 5. The number of hydrogen-bond donors (Lipinski definition) is 1. The number of thiazole rings is 1. The van der Waals surface area contributed by atoms with Gasteiger partial charge < -0.3 is 5.32 Å². The van der Waals surface area contributed by atoms with Crippen LogP contribution in [0.4, 0.5) is 11.4 Å². The van der Waals surface area contributed by atoms with Crippen LogP contribution in [0.5, 0.6) is 0 Å². The number of carbonyl (C=O) groups is 1. The molecule has 158 valence electrons. The van der Waals surface area contributed by atoms with Crippen molar-refractivity contribution in [2.75, 3.05) is 16.2 Å². The van der Waals surface area contributed by atoms with Crippen LogP contribution in [0.2, 0.25) is 0 Å². The number of amides is 1. The van der Waals surface area contributed by atoms with Crippen molar-refractivity contribution in [3.05, 3.63) is 78.4 Å². The third kappa shape index (κ3) is 2.89. The summed E-state index contributed by atoms with van der Waals surface area (Å²) in [5.41, 5.74) is 2.90. The van der Waals surface area contributed by atoms with Gasteiger partial charge in [0.25, 0.3) is 10.0 Å². The second-order valence-corrected chi connectivity index (χ2v) is 10.2. The molecule has 2 aromatic heterocycles. The van der Waals surface area contributed by atoms with Gasteiger partial charge in [0, 0.05) is 34.4 Å². The van der Waals surface area contributed by atoms with E-state index in [9.17, 15) is 13.2 Å². The molecule has 3 heterocycles. The molecule has 5 aromatic rings. The summed E-state index contributed by atoms with van der Waals surface area (Å²) in [6.45, 7) is -0.296. The highest BCUT2D eigenvalue weighted by molar-refractivity contribution is 7.93. The first-order valence-electron chi connectivity index (χ1n) is 9.88. The van der Waals surface area contributed by atoms with Crippen LogP contribution < -0.4 is 9.62 Å². The Morgan fingerprint density at radius 2 is 1.81 bits per heavy atom. The lowest BCUT2D eigenvalue weighted by Crippen LogP contribution is -2.35. The minimum atomic E-state index is -3.77. The molecule has 3 aromatic carbocycles. The molecule has 0 radical (unpaired) electrons. The Labute approximate surface area is 187 Å². The number of nitrogens with zero attached hydrogens (tertiary/aromatic N) is 3. The smallest absolute Gasteiger partial charge is 0.265 e. The number of aromatic nitrogens is 2. The van der Waals surface area contributed by atoms with E-state index in [0.717, 1.165) is 21.6 Å². The van der Waals surface area contributed by atoms with E-state index in [4.69, 9.17) is 0 Å². The van der Waals surface area contributed by atoms with E-state index < -0.39 is 15.9 Å². The van der Waals surface area contributed by atoms with Crippen molar-refractivity contribution in [1.82, 2.24) is 9.38 Å². The van der Waals surface area contributed by atoms with E-state index in [0.29, 0.717) is 16.8 Å². The summed E-state index contributed by atoms with van der Waals surface area (Å²) in [5.74, 6) is -0.409. The fourth-order valence-corrected chi connectivity index (χ4v) is 6.42. The molecule has 1 aliphatic heterocycles. The summed E-state index contributed by atoms with van der Waals surface area (Å²) in [5, 5.41) is 6.27. The molecule has 0 bridgehead atoms. The molecule has 1 amide bonds. The minimum absolute atomic E-state index is 0.239. The van der Waals surface area contributed by atoms with Gasteiger partial charge in [-0.3, -0.25) is 13.5 Å². The summed E-state index contributed by atoms with van der Waals surface area (Å²) in [6, 6.07) is 17.9. The topological polar surface area (TPSA) is 83.8 Å². The number of anilines is 2. The van der Waals surface area contributed by atoms with E-state index in [2.05, 4.69) is 10.3 Å². The number of fused-ring (bicyclic) bond motifs is 1. The Balaban J connectivity index is 1.22. The summed E-state index contributed by atoms with van der Waals surface area (Å²) in [7, 11) is -3.77. The summed E-state index contributed by atoms with van der Waals surface area (Å²) < 4.78 is 29.2. The number of nitrogens with one attached hydrogen (secondary N) is 1. The third-order valence-corrected chi connectivity index (χ3v) is 8.10. The Kier molecular flexibility index (Phi) is 4.11. The maximum atomic E-state index is 13.0. The molecule has 0 fully saturated rings. The van der Waals surface area contributed by atoms with E-state index in [1.807, 2.05) is 46.4 Å². The molecule has 32 heavy (non-hydrogen) atoms. The molecule has 0 saturated carbocycles. The fourth-order valence-electron chi connectivity index (χ4n) is 4.05. The van der Waals surface area contributed by atoms with Crippen molar-refractivity contribution in [2.45, 2.75) is 4.90 Å². The van der Waals surface area contributed by atoms with Crippen molar-refractivity contribution >= 4 is 54.4 Å². The molecule has 0 aliphatic carbocycles. The molecular weight excluding hydrogens is 444 g/mol. The average Bonchev–Trinajstić information content (AvgIpc) is 3.44. The van der Waals surface area contributed by atoms with Gasteiger partial charge in [-0.1, -0.05) is 36.4 Å². The lowest BCUT2D eigenvalue weighted by molar-refractivity contribution is -0.114. The monoisotopic (exact) mass is 460 g/mol. The summed E-state index contributed by atoms with van der Waals surface area (Å²) >= 11 is 1.56. The molecule has 1 N–H and O–H groups in total. The molecular formula is C23H16N4O3S2. The standard InChI is InChI=1S/C23H16N4O3S2/c28-21(14-27-19-5-1-3-16-4-2-6-20(22(16)19)32(27,29)30)24-17-9-7-15(8-10-17)18-13-26-11-12-31-23(26)25-18/h1-13H,14H2,(H,24,28). The largest absolute Gasteiger partial charge is 0.325 e. The van der Waals surface area contributed by atoms with Crippen LogP contribution in [-0.4, -0.2) is 30.3 Å². The zero-order valence-electron chi connectivity index (χ0n) is 16.6. The predicted molar refractivity (Wildman–Crippen MR) is 126 cm³/mol. The molecule has 1 aliphatic rings. The van der Waals surface area contributed by atoms with Gasteiger partial charge in [0.2, 0.25) is 5.91 Å². The van der Waals surface area contributed by atoms with Gasteiger partial charge in [-0.05, 0) is 29.7 Å². The van der Waals surface area contributed by atoms with E-state index in [-0.39, 0.29) is 11.4 Å². The number of benzene rings is 3. The van der Waals surface area contributed by atoms with Gasteiger partial charge in [0.15, 0.2) is 4.96 Å². The molecule has 0 unspecified atom stereocenters. The first-order chi connectivity index (χ1) is 15.5. The first-order valence-corrected chi connectivity index (χ1v) is 12.2. The molecule has 9 heteroatoms. The Morgan fingerprint density at radius 3 is 2.59 bits per heavy atom. The maximum absolute atomic E-state index is 13.0. The predicted octanol–water partition coefficient (Wildman–Crippen LogP) is 4.36. The second-order valence-electron chi connectivity index (χ2n) is 7.49. The molecule has 6 rings (SSSR count). The molecule has 0 atom stereocenters. The Hall–Kier alpha value is -3.69. The average molecular weight is 461 g/mol. The number of rotatable bonds is 4. The van der Waals surface area contributed by atoms with Gasteiger partial charge in [-0.2, -0.15) is 0 Å². The van der Waals surface area contributed by atoms with Crippen LogP contribution in [0.15, 0.2) is 83.3 Å². The van der Waals surface area contributed by atoms with Crippen LogP contribution in [0, 0.1) is 0 Å². The Bertz CT molecular complexity index is 1580. The second kappa shape index (κ2) is 6.91. The lowest BCUT2D eigenvalue weighted by atomic mass is 10.1. The van der Waals surface area contributed by atoms with Crippen LogP contribution in [-0.2, 0) is 14.8 Å². The quantitative estimate of drug-likeness (QED) is 0.432. The zero-order chi connectivity index (χ0) is 21.9. The van der Waals surface area contributed by atoms with Crippen molar-refractivity contribution in [3.8, 4) is 11.3 Å². The highest BCUT2D eigenvalue weighted by Crippen LogP contribution is 2.41. The summed E-state index contributed by atoms with van der Waals surface area (Å²) in [6.07, 6.45) is 3.91. The number of sulfonamides is 1. The van der Waals surface area contributed by atoms with E-state index >= 15 is 0 Å². The van der Waals surface area contributed by atoms with Crippen molar-refractivity contribution < 1.29 is 13.2 Å². The van der Waals surface area contributed by atoms with Crippen LogP contribution in [0.1, 0.15) is 0 Å². The molecule has 7 nitrogen and oxygen atoms in total. The number of carbonyl (C=O) groups excluding carboxylic acids is 1. The van der Waals surface area contributed by atoms with Crippen molar-refractivity contribution in [1.29, 1.82) is 0 Å². The third-order valence-electron chi connectivity index (χ3n) is 5.53. The maximum Gasteiger partial charge on any atom is 0.265 e. The van der Waals surface area contributed by atoms with Crippen molar-refractivity contribution in [2.24, 2.45) is 0 Å². The highest BCUT2D eigenvalue weighted by atomic mass is 32.2. The SMILES string of the molecule is O=C(CN1c2cccc3cccc(c23)S1(=O)=O)Nc1ccc(-c2cn3ccsc3n2)cc1. The normalized spacial score (nSPS) is 14.3. The lowest BCUT2D eigenvalue weighted by Gasteiger charge is -2.18. The van der Waals surface area contributed by atoms with Crippen LogP contribution in [0.3, 0.4) is 0 Å². The van der Waals surface area contributed by atoms with Gasteiger partial charge in [-0.25, -0.2) is 13.4 Å². The zero-order valence-corrected chi connectivity index (χ0v) is 18.2. The Morgan fingerprint density at radius 1 is 1.03 bits per heavy atom. The van der Waals surface area contributed by atoms with Crippen molar-refractivity contribution in [3.63, 3.8) is 0 Å². The molecule has 0 saturated heterocycles. The minimum Gasteiger partial charge on any atom is -0.325 e. The first kappa shape index (κ1) is 19.0. The fraction of sp³-hybridized carbons (Fsp3) is 0.0435. The molecule has 0 spiro atoms. The van der Waals surface area contributed by atoms with Gasteiger partial charge in [-0.15, -0.1) is 11.3 Å². The van der Waals surface area contributed by atoms with Gasteiger partial charge >= 0.3 is 0 Å². The van der Waals surface area contributed by atoms with Gasteiger partial charge in [0.05, 0.1) is 16.3 Å². The van der Waals surface area contributed by atoms with E-state index in [1.54, 1.807) is 47.7 Å². The van der Waals surface area contributed by atoms with Crippen LogP contribution >= 0.6 is 11.3 Å². The van der Waals surface area contributed by atoms with E-state index in [1.165, 1.54) is 4.31 Å². The van der Waals surface area contributed by atoms with Gasteiger partial charge in [0.1, 0.15) is 6.54 Å². The highest BCUT2D eigenvalue weighted by Gasteiger charge is 2.36. The summed E-state index contributed by atoms with van der Waals surface area (Å²) in [4.78, 5) is 18.5.